The minimum absolute atomic E-state index is 0.0653. The zero-order valence-corrected chi connectivity index (χ0v) is 18.1. The molecular formula is C22H24N2O6S. The Bertz CT molecular complexity index is 1260. The highest BCUT2D eigenvalue weighted by atomic mass is 32.2. The van der Waals surface area contributed by atoms with E-state index in [2.05, 4.69) is 10.0 Å². The van der Waals surface area contributed by atoms with Crippen LogP contribution in [0.3, 0.4) is 0 Å². The Morgan fingerprint density at radius 2 is 1.68 bits per heavy atom. The number of benzene rings is 2. The van der Waals surface area contributed by atoms with Gasteiger partial charge in [-0.25, -0.2) is 13.2 Å². The van der Waals surface area contributed by atoms with Gasteiger partial charge in [0.15, 0.2) is 17.2 Å². The second-order valence-electron chi connectivity index (χ2n) is 7.38. The van der Waals surface area contributed by atoms with Crippen LogP contribution in [0.1, 0.15) is 25.7 Å². The van der Waals surface area contributed by atoms with E-state index in [0.29, 0.717) is 22.4 Å². The molecule has 31 heavy (non-hydrogen) atoms. The summed E-state index contributed by atoms with van der Waals surface area (Å²) in [6.07, 6.45) is 4.08. The highest BCUT2D eigenvalue weighted by Gasteiger charge is 2.25. The van der Waals surface area contributed by atoms with Crippen LogP contribution in [0.25, 0.3) is 11.0 Å². The van der Waals surface area contributed by atoms with E-state index in [-0.39, 0.29) is 22.4 Å². The van der Waals surface area contributed by atoms with Crippen LogP contribution in [0, 0.1) is 0 Å². The zero-order valence-electron chi connectivity index (χ0n) is 17.3. The molecule has 1 aromatic heterocycles. The summed E-state index contributed by atoms with van der Waals surface area (Å²) in [7, 11) is -1.22. The molecule has 2 aromatic carbocycles. The van der Waals surface area contributed by atoms with Gasteiger partial charge in [0.25, 0.3) is 10.0 Å². The summed E-state index contributed by atoms with van der Waals surface area (Å²) >= 11 is 0. The molecule has 4 rings (SSSR count). The van der Waals surface area contributed by atoms with E-state index in [4.69, 9.17) is 13.9 Å². The molecule has 1 fully saturated rings. The fourth-order valence-electron chi connectivity index (χ4n) is 3.84. The van der Waals surface area contributed by atoms with Crippen molar-refractivity contribution >= 4 is 32.4 Å². The number of hydrogen-bond donors (Lipinski definition) is 2. The van der Waals surface area contributed by atoms with Gasteiger partial charge in [0.05, 0.1) is 24.8 Å². The first kappa shape index (κ1) is 21.0. The van der Waals surface area contributed by atoms with E-state index < -0.39 is 15.6 Å². The van der Waals surface area contributed by atoms with Gasteiger partial charge in [-0.2, -0.15) is 0 Å². The molecule has 0 spiro atoms. The first-order chi connectivity index (χ1) is 14.9. The fraction of sp³-hybridized carbons (Fsp3) is 0.318. The molecule has 0 unspecified atom stereocenters. The lowest BCUT2D eigenvalue weighted by Gasteiger charge is -2.19. The van der Waals surface area contributed by atoms with Gasteiger partial charge in [-0.1, -0.05) is 25.0 Å². The highest BCUT2D eigenvalue weighted by Crippen LogP contribution is 2.34. The minimum atomic E-state index is -4.10. The number of para-hydroxylation sites is 1. The van der Waals surface area contributed by atoms with Crippen LogP contribution in [0.4, 0.5) is 11.4 Å². The van der Waals surface area contributed by atoms with Crippen LogP contribution in [-0.2, 0) is 10.0 Å². The summed E-state index contributed by atoms with van der Waals surface area (Å²) in [5.41, 5.74) is -0.0755. The molecule has 9 heteroatoms. The van der Waals surface area contributed by atoms with Gasteiger partial charge in [0.2, 0.25) is 0 Å². The monoisotopic (exact) mass is 444 g/mol. The number of methoxy groups -OCH3 is 2. The Hall–Kier alpha value is -3.20. The Balaban J connectivity index is 1.80. The van der Waals surface area contributed by atoms with E-state index in [1.54, 1.807) is 18.2 Å². The van der Waals surface area contributed by atoms with Crippen LogP contribution < -0.4 is 25.1 Å². The van der Waals surface area contributed by atoms with Gasteiger partial charge < -0.3 is 19.2 Å². The summed E-state index contributed by atoms with van der Waals surface area (Å²) < 4.78 is 44.5. The molecule has 0 atom stereocenters. The van der Waals surface area contributed by atoms with Crippen molar-refractivity contribution in [1.82, 2.24) is 0 Å². The molecule has 1 heterocycles. The van der Waals surface area contributed by atoms with Gasteiger partial charge in [-0.05, 0) is 37.1 Å². The maximum atomic E-state index is 13.1. The predicted molar refractivity (Wildman–Crippen MR) is 119 cm³/mol. The Morgan fingerprint density at radius 1 is 0.968 bits per heavy atom. The third-order valence-electron chi connectivity index (χ3n) is 5.42. The normalized spacial score (nSPS) is 14.5. The molecule has 0 saturated heterocycles. The molecule has 8 nitrogen and oxygen atoms in total. The standard InChI is InChI=1S/C22H24N2O6S/c1-28-18-12-11-15(13-19(18)29-2)31(26,27)24-21-20(23-14-7-3-4-8-14)16-9-5-6-10-17(16)30-22(21)25/h5-6,9-14,23-24H,3-4,7-8H2,1-2H3. The van der Waals surface area contributed by atoms with E-state index in [0.717, 1.165) is 25.7 Å². The van der Waals surface area contributed by atoms with Crippen LogP contribution >= 0.6 is 0 Å². The second kappa shape index (κ2) is 8.50. The van der Waals surface area contributed by atoms with Crippen molar-refractivity contribution in [2.24, 2.45) is 0 Å². The Kier molecular flexibility index (Phi) is 5.77. The predicted octanol–water partition coefficient (Wildman–Crippen LogP) is 3.97. The third-order valence-corrected chi connectivity index (χ3v) is 6.77. The average molecular weight is 445 g/mol. The summed E-state index contributed by atoms with van der Waals surface area (Å²) in [5.74, 6) is 0.662. The molecule has 0 amide bonds. The number of hydrogen-bond acceptors (Lipinski definition) is 7. The molecule has 3 aromatic rings. The lowest BCUT2D eigenvalue weighted by molar-refractivity contribution is 0.354. The van der Waals surface area contributed by atoms with Gasteiger partial charge in [-0.15, -0.1) is 0 Å². The number of sulfonamides is 1. The first-order valence-electron chi connectivity index (χ1n) is 10.00. The topological polar surface area (TPSA) is 107 Å². The van der Waals surface area contributed by atoms with Crippen molar-refractivity contribution in [3.63, 3.8) is 0 Å². The van der Waals surface area contributed by atoms with Crippen LogP contribution in [0.2, 0.25) is 0 Å². The summed E-state index contributed by atoms with van der Waals surface area (Å²) in [4.78, 5) is 12.7. The van der Waals surface area contributed by atoms with Crippen molar-refractivity contribution in [2.75, 3.05) is 24.3 Å². The van der Waals surface area contributed by atoms with E-state index in [1.807, 2.05) is 6.07 Å². The van der Waals surface area contributed by atoms with Crippen molar-refractivity contribution < 1.29 is 22.3 Å². The molecule has 164 valence electrons. The molecular weight excluding hydrogens is 420 g/mol. The minimum Gasteiger partial charge on any atom is -0.493 e. The SMILES string of the molecule is COc1ccc(S(=O)(=O)Nc2c(NC3CCCC3)c3ccccc3oc2=O)cc1OC. The summed E-state index contributed by atoms with van der Waals surface area (Å²) in [5, 5.41) is 4.01. The molecule has 2 N–H and O–H groups in total. The van der Waals surface area contributed by atoms with Gasteiger partial charge >= 0.3 is 5.63 Å². The Labute approximate surface area is 180 Å². The number of fused-ring (bicyclic) bond motifs is 1. The number of anilines is 2. The van der Waals surface area contributed by atoms with Gasteiger partial charge in [0, 0.05) is 17.5 Å². The van der Waals surface area contributed by atoms with Crippen molar-refractivity contribution in [3.8, 4) is 11.5 Å². The molecule has 0 aliphatic heterocycles. The molecule has 1 saturated carbocycles. The summed E-state index contributed by atoms with van der Waals surface area (Å²) in [6.45, 7) is 0. The van der Waals surface area contributed by atoms with Crippen molar-refractivity contribution in [3.05, 3.63) is 52.9 Å². The second-order valence-corrected chi connectivity index (χ2v) is 9.07. The average Bonchev–Trinajstić information content (AvgIpc) is 3.28. The third kappa shape index (κ3) is 4.18. The molecule has 0 bridgehead atoms. The van der Waals surface area contributed by atoms with Crippen LogP contribution in [0.5, 0.6) is 11.5 Å². The largest absolute Gasteiger partial charge is 0.493 e. The lowest BCUT2D eigenvalue weighted by atomic mass is 10.1. The quantitative estimate of drug-likeness (QED) is 0.531. The number of ether oxygens (including phenoxy) is 2. The maximum Gasteiger partial charge on any atom is 0.363 e. The highest BCUT2D eigenvalue weighted by molar-refractivity contribution is 7.92. The van der Waals surface area contributed by atoms with Gasteiger partial charge in [0.1, 0.15) is 5.58 Å². The zero-order chi connectivity index (χ0) is 22.0. The molecule has 0 radical (unpaired) electrons. The van der Waals surface area contributed by atoms with E-state index in [1.165, 1.54) is 32.4 Å². The fourth-order valence-corrected chi connectivity index (χ4v) is 4.93. The Morgan fingerprint density at radius 3 is 2.39 bits per heavy atom. The van der Waals surface area contributed by atoms with Crippen molar-refractivity contribution in [2.45, 2.75) is 36.6 Å². The van der Waals surface area contributed by atoms with E-state index >= 15 is 0 Å². The maximum absolute atomic E-state index is 13.1. The smallest absolute Gasteiger partial charge is 0.363 e. The lowest BCUT2D eigenvalue weighted by Crippen LogP contribution is -2.23. The van der Waals surface area contributed by atoms with Crippen molar-refractivity contribution in [1.29, 1.82) is 0 Å². The number of rotatable bonds is 7. The van der Waals surface area contributed by atoms with Crippen LogP contribution in [0.15, 0.2) is 56.6 Å². The van der Waals surface area contributed by atoms with Gasteiger partial charge in [-0.3, -0.25) is 4.72 Å². The first-order valence-corrected chi connectivity index (χ1v) is 11.5. The van der Waals surface area contributed by atoms with Crippen LogP contribution in [-0.4, -0.2) is 28.7 Å². The molecule has 1 aliphatic rings. The molecule has 1 aliphatic carbocycles. The summed E-state index contributed by atoms with van der Waals surface area (Å²) in [6, 6.07) is 11.4. The number of nitrogens with one attached hydrogen (secondary N) is 2. The van der Waals surface area contributed by atoms with E-state index in [9.17, 15) is 13.2 Å².